The van der Waals surface area contributed by atoms with E-state index in [0.717, 1.165) is 12.0 Å². The summed E-state index contributed by atoms with van der Waals surface area (Å²) in [6.45, 7) is 2.17. The van der Waals surface area contributed by atoms with Crippen molar-refractivity contribution in [3.8, 4) is 0 Å². The first-order valence-electron chi connectivity index (χ1n) is 6.56. The molecule has 0 spiro atoms. The lowest BCUT2D eigenvalue weighted by Gasteiger charge is -2.09. The molecule has 0 unspecified atom stereocenters. The fourth-order valence-electron chi connectivity index (χ4n) is 1.95. The van der Waals surface area contributed by atoms with Gasteiger partial charge in [0.25, 0.3) is 0 Å². The number of hydrogen-bond acceptors (Lipinski definition) is 2. The summed E-state index contributed by atoms with van der Waals surface area (Å²) in [7, 11) is 0. The molecular weight excluding hydrogens is 240 g/mol. The number of carbonyl (C=O) groups excluding carboxylic acids is 1. The summed E-state index contributed by atoms with van der Waals surface area (Å²) in [5.41, 5.74) is 16.0. The molecule has 0 aromatic heterocycles. The third kappa shape index (κ3) is 5.93. The number of carbonyl (C=O) groups is 1. The average molecular weight is 260 g/mol. The second kappa shape index (κ2) is 8.16. The van der Waals surface area contributed by atoms with Crippen molar-refractivity contribution >= 4 is 5.91 Å². The number of nitrogens with zero attached hydrogens (tertiary/aromatic N) is 3. The van der Waals surface area contributed by atoms with Crippen molar-refractivity contribution in [3.63, 3.8) is 0 Å². The fraction of sp³-hybridized carbons (Fsp3) is 0.500. The molecule has 1 atom stereocenters. The number of azide groups is 1. The Hall–Kier alpha value is -2.00. The summed E-state index contributed by atoms with van der Waals surface area (Å²) >= 11 is 0. The number of primary amides is 1. The molecule has 102 valence electrons. The van der Waals surface area contributed by atoms with Gasteiger partial charge >= 0.3 is 0 Å². The first-order valence-corrected chi connectivity index (χ1v) is 6.56. The fourth-order valence-corrected chi connectivity index (χ4v) is 1.95. The number of aryl methyl sites for hydroxylation is 1. The van der Waals surface area contributed by atoms with Crippen LogP contribution >= 0.6 is 0 Å². The van der Waals surface area contributed by atoms with Crippen LogP contribution in [0.3, 0.4) is 0 Å². The van der Waals surface area contributed by atoms with Gasteiger partial charge in [0.15, 0.2) is 0 Å². The van der Waals surface area contributed by atoms with Gasteiger partial charge < -0.3 is 5.73 Å². The minimum Gasteiger partial charge on any atom is -0.370 e. The van der Waals surface area contributed by atoms with Crippen LogP contribution in [0, 0.1) is 0 Å². The topological polar surface area (TPSA) is 91.9 Å². The van der Waals surface area contributed by atoms with E-state index in [1.165, 1.54) is 18.4 Å². The highest BCUT2D eigenvalue weighted by molar-refractivity contribution is 5.74. The molecule has 0 aliphatic carbocycles. The molecule has 19 heavy (non-hydrogen) atoms. The maximum absolute atomic E-state index is 10.9. The molecule has 0 bridgehead atoms. The van der Waals surface area contributed by atoms with Crippen molar-refractivity contribution in [1.29, 1.82) is 0 Å². The van der Waals surface area contributed by atoms with Crippen LogP contribution in [0.25, 0.3) is 10.4 Å². The lowest BCUT2D eigenvalue weighted by Crippen LogP contribution is -2.20. The third-order valence-corrected chi connectivity index (χ3v) is 2.97. The summed E-state index contributed by atoms with van der Waals surface area (Å²) in [5, 5.41) is 3.61. The van der Waals surface area contributed by atoms with Gasteiger partial charge in [-0.15, -0.1) is 0 Å². The van der Waals surface area contributed by atoms with Gasteiger partial charge in [0, 0.05) is 11.3 Å². The Labute approximate surface area is 113 Å². The number of nitrogens with two attached hydrogens (primary N) is 1. The van der Waals surface area contributed by atoms with Crippen LogP contribution in [-0.4, -0.2) is 11.9 Å². The molecule has 2 N–H and O–H groups in total. The van der Waals surface area contributed by atoms with Crippen molar-refractivity contribution < 1.29 is 4.79 Å². The largest absolute Gasteiger partial charge is 0.370 e. The Balaban J connectivity index is 2.63. The first kappa shape index (κ1) is 15.1. The smallest absolute Gasteiger partial charge is 0.217 e. The maximum Gasteiger partial charge on any atom is 0.217 e. The number of hydrogen-bond donors (Lipinski definition) is 1. The summed E-state index contributed by atoms with van der Waals surface area (Å²) in [6.07, 6.45) is 4.07. The van der Waals surface area contributed by atoms with Gasteiger partial charge in [0.2, 0.25) is 5.91 Å². The Morgan fingerprint density at radius 2 is 2.00 bits per heavy atom. The Kier molecular flexibility index (Phi) is 6.47. The van der Waals surface area contributed by atoms with Crippen LogP contribution in [0.4, 0.5) is 0 Å². The second-order valence-corrected chi connectivity index (χ2v) is 4.65. The van der Waals surface area contributed by atoms with Crippen molar-refractivity contribution in [2.75, 3.05) is 0 Å². The van der Waals surface area contributed by atoms with E-state index in [2.05, 4.69) is 29.1 Å². The lowest BCUT2D eigenvalue weighted by molar-refractivity contribution is -0.118. The van der Waals surface area contributed by atoms with E-state index in [0.29, 0.717) is 6.42 Å². The molecule has 1 aromatic carbocycles. The third-order valence-electron chi connectivity index (χ3n) is 2.97. The number of rotatable bonds is 8. The van der Waals surface area contributed by atoms with Gasteiger partial charge in [-0.1, -0.05) is 42.7 Å². The van der Waals surface area contributed by atoms with Crippen LogP contribution in [0.1, 0.15) is 37.3 Å². The zero-order chi connectivity index (χ0) is 14.1. The van der Waals surface area contributed by atoms with E-state index in [1.807, 2.05) is 12.1 Å². The zero-order valence-electron chi connectivity index (χ0n) is 11.2. The summed E-state index contributed by atoms with van der Waals surface area (Å²) in [5.74, 6) is -0.447. The predicted octanol–water partition coefficient (Wildman–Crippen LogP) is 3.13. The van der Waals surface area contributed by atoms with E-state index in [1.54, 1.807) is 0 Å². The van der Waals surface area contributed by atoms with Crippen LogP contribution in [0.2, 0.25) is 0 Å². The minimum atomic E-state index is -0.447. The van der Waals surface area contributed by atoms with E-state index in [9.17, 15) is 4.79 Å². The maximum atomic E-state index is 10.9. The molecule has 0 aliphatic rings. The van der Waals surface area contributed by atoms with Gasteiger partial charge in [-0.2, -0.15) is 0 Å². The molecule has 0 radical (unpaired) electrons. The van der Waals surface area contributed by atoms with Crippen LogP contribution < -0.4 is 5.73 Å². The highest BCUT2D eigenvalue weighted by Gasteiger charge is 2.10. The molecule has 1 rings (SSSR count). The molecule has 0 fully saturated rings. The van der Waals surface area contributed by atoms with E-state index in [-0.39, 0.29) is 6.42 Å². The van der Waals surface area contributed by atoms with E-state index < -0.39 is 11.9 Å². The Bertz CT molecular complexity index is 449. The van der Waals surface area contributed by atoms with Crippen LogP contribution in [0.5, 0.6) is 0 Å². The van der Waals surface area contributed by atoms with E-state index >= 15 is 0 Å². The van der Waals surface area contributed by atoms with Crippen molar-refractivity contribution in [3.05, 3.63) is 45.8 Å². The number of benzene rings is 1. The summed E-state index contributed by atoms with van der Waals surface area (Å²) < 4.78 is 0. The molecule has 0 aliphatic heterocycles. The number of amides is 1. The average Bonchev–Trinajstić information content (AvgIpc) is 2.37. The molecular formula is C14H20N4O. The second-order valence-electron chi connectivity index (χ2n) is 4.65. The zero-order valence-corrected chi connectivity index (χ0v) is 11.2. The number of unbranched alkanes of at least 4 members (excludes halogenated alkanes) is 1. The van der Waals surface area contributed by atoms with Gasteiger partial charge in [0.1, 0.15) is 0 Å². The van der Waals surface area contributed by atoms with E-state index in [4.69, 9.17) is 11.3 Å². The summed E-state index contributed by atoms with van der Waals surface area (Å²) in [4.78, 5) is 13.6. The Morgan fingerprint density at radius 3 is 2.53 bits per heavy atom. The quantitative estimate of drug-likeness (QED) is 0.434. The van der Waals surface area contributed by atoms with Gasteiger partial charge in [-0.05, 0) is 35.9 Å². The molecule has 5 nitrogen and oxygen atoms in total. The van der Waals surface area contributed by atoms with Gasteiger partial charge in [-0.3, -0.25) is 4.79 Å². The van der Waals surface area contributed by atoms with Crippen molar-refractivity contribution in [1.82, 2.24) is 0 Å². The highest BCUT2D eigenvalue weighted by Crippen LogP contribution is 2.12. The minimum absolute atomic E-state index is 0.0850. The predicted molar refractivity (Wildman–Crippen MR) is 75.5 cm³/mol. The normalized spacial score (nSPS) is 11.6. The molecule has 1 amide bonds. The van der Waals surface area contributed by atoms with Crippen molar-refractivity contribution in [2.24, 2.45) is 10.8 Å². The molecule has 0 heterocycles. The van der Waals surface area contributed by atoms with Gasteiger partial charge in [0.05, 0.1) is 6.04 Å². The Morgan fingerprint density at radius 1 is 1.37 bits per heavy atom. The lowest BCUT2D eigenvalue weighted by atomic mass is 10.0. The monoisotopic (exact) mass is 260 g/mol. The molecule has 5 heteroatoms. The molecule has 0 saturated carbocycles. The molecule has 0 saturated heterocycles. The van der Waals surface area contributed by atoms with Crippen molar-refractivity contribution in [2.45, 2.75) is 45.1 Å². The standard InChI is InChI=1S/C14H20N4O/c1-2-3-4-11-5-7-12(8-6-11)9-13(17-18-16)10-14(15)19/h5-8,13H,2-4,9-10H2,1H3,(H2,15,19)/t13-/m0/s1. The van der Waals surface area contributed by atoms with Crippen LogP contribution in [0.15, 0.2) is 29.4 Å². The highest BCUT2D eigenvalue weighted by atomic mass is 16.1. The van der Waals surface area contributed by atoms with Crippen LogP contribution in [-0.2, 0) is 17.6 Å². The first-order chi connectivity index (χ1) is 9.15. The molecule has 1 aromatic rings. The summed E-state index contributed by atoms with van der Waals surface area (Å²) in [6, 6.07) is 7.81. The van der Waals surface area contributed by atoms with Gasteiger partial charge in [-0.25, -0.2) is 0 Å². The SMILES string of the molecule is CCCCc1ccc(C[C@@H](CC(N)=O)N=[N+]=[N-])cc1.